The lowest BCUT2D eigenvalue weighted by atomic mass is 10.2. The van der Waals surface area contributed by atoms with Crippen LogP contribution in [0.4, 0.5) is 0 Å². The predicted molar refractivity (Wildman–Crippen MR) is 64.1 cm³/mol. The molecule has 1 atom stereocenters. The highest BCUT2D eigenvalue weighted by atomic mass is 16.4. The van der Waals surface area contributed by atoms with Gasteiger partial charge in [-0.3, -0.25) is 9.59 Å². The van der Waals surface area contributed by atoms with Gasteiger partial charge < -0.3 is 15.4 Å². The molecule has 1 amide bonds. The van der Waals surface area contributed by atoms with E-state index in [1.807, 2.05) is 0 Å². The highest BCUT2D eigenvalue weighted by Gasteiger charge is 2.20. The van der Waals surface area contributed by atoms with Gasteiger partial charge in [0.1, 0.15) is 11.6 Å². The molecule has 1 heterocycles. The number of nitrogens with one attached hydrogen (secondary N) is 2. The van der Waals surface area contributed by atoms with Gasteiger partial charge in [0, 0.05) is 12.1 Å². The predicted octanol–water partition coefficient (Wildman–Crippen LogP) is -0.110. The zero-order valence-corrected chi connectivity index (χ0v) is 9.69. The molecule has 6 heteroatoms. The lowest BCUT2D eigenvalue weighted by Gasteiger charge is -2.11. The summed E-state index contributed by atoms with van der Waals surface area (Å²) in [6.07, 6.45) is 4.85. The Morgan fingerprint density at radius 1 is 1.56 bits per heavy atom. The van der Waals surface area contributed by atoms with E-state index in [4.69, 9.17) is 11.5 Å². The number of aromatic amines is 1. The summed E-state index contributed by atoms with van der Waals surface area (Å²) in [4.78, 5) is 36.4. The molecule has 3 N–H and O–H groups in total. The van der Waals surface area contributed by atoms with E-state index in [1.165, 1.54) is 6.07 Å². The van der Waals surface area contributed by atoms with Gasteiger partial charge in [-0.25, -0.2) is 4.79 Å². The standard InChI is InChI=1S/C12H12N2O4/c1-3-4-9(12(17)18)14-11(16)8-6-5-7(2)13-10(8)15/h1,5-6,9H,4H2,2H3,(H,13,15)(H,14,16)(H,17,18). The first-order valence-corrected chi connectivity index (χ1v) is 5.12. The summed E-state index contributed by atoms with van der Waals surface area (Å²) in [6, 6.07) is 1.68. The molecule has 18 heavy (non-hydrogen) atoms. The van der Waals surface area contributed by atoms with Crippen molar-refractivity contribution in [2.24, 2.45) is 0 Å². The molecule has 0 aromatic carbocycles. The van der Waals surface area contributed by atoms with Crippen LogP contribution >= 0.6 is 0 Å². The number of H-pyrrole nitrogens is 1. The number of hydrogen-bond donors (Lipinski definition) is 3. The molecule has 0 saturated carbocycles. The van der Waals surface area contributed by atoms with Gasteiger partial charge >= 0.3 is 5.97 Å². The maximum absolute atomic E-state index is 11.7. The Hall–Kier alpha value is -2.55. The largest absolute Gasteiger partial charge is 0.480 e. The molecule has 1 aromatic heterocycles. The number of aromatic nitrogens is 1. The second-order valence-corrected chi connectivity index (χ2v) is 3.66. The highest BCUT2D eigenvalue weighted by Crippen LogP contribution is 1.97. The number of carboxylic acids is 1. The molecule has 0 radical (unpaired) electrons. The summed E-state index contributed by atoms with van der Waals surface area (Å²) in [5.74, 6) is 0.138. The van der Waals surface area contributed by atoms with Crippen molar-refractivity contribution in [3.63, 3.8) is 0 Å². The van der Waals surface area contributed by atoms with Gasteiger partial charge in [-0.2, -0.15) is 0 Å². The van der Waals surface area contributed by atoms with E-state index in [2.05, 4.69) is 16.2 Å². The molecule has 1 aromatic rings. The first-order valence-electron chi connectivity index (χ1n) is 5.12. The monoisotopic (exact) mass is 248 g/mol. The van der Waals surface area contributed by atoms with Gasteiger partial charge in [0.15, 0.2) is 0 Å². The molecule has 6 nitrogen and oxygen atoms in total. The summed E-state index contributed by atoms with van der Waals surface area (Å²) >= 11 is 0. The fraction of sp³-hybridized carbons (Fsp3) is 0.250. The third-order valence-electron chi connectivity index (χ3n) is 2.23. The topological polar surface area (TPSA) is 99.3 Å². The van der Waals surface area contributed by atoms with Crippen LogP contribution in [0.5, 0.6) is 0 Å². The van der Waals surface area contributed by atoms with Gasteiger partial charge in [0.25, 0.3) is 11.5 Å². The van der Waals surface area contributed by atoms with Crippen LogP contribution in [0.2, 0.25) is 0 Å². The van der Waals surface area contributed by atoms with Crippen LogP contribution in [-0.4, -0.2) is 28.0 Å². The lowest BCUT2D eigenvalue weighted by Crippen LogP contribution is -2.42. The molecule has 0 fully saturated rings. The summed E-state index contributed by atoms with van der Waals surface area (Å²) in [5, 5.41) is 11.0. The minimum Gasteiger partial charge on any atom is -0.480 e. The minimum absolute atomic E-state index is 0.148. The first-order chi connectivity index (χ1) is 8.45. The first kappa shape index (κ1) is 13.5. The number of aliphatic carboxylic acids is 1. The van der Waals surface area contributed by atoms with Crippen molar-refractivity contribution >= 4 is 11.9 Å². The summed E-state index contributed by atoms with van der Waals surface area (Å²) in [6.45, 7) is 1.67. The maximum atomic E-state index is 11.7. The van der Waals surface area contributed by atoms with E-state index in [0.717, 1.165) is 0 Å². The number of rotatable bonds is 4. The van der Waals surface area contributed by atoms with E-state index in [9.17, 15) is 14.4 Å². The lowest BCUT2D eigenvalue weighted by molar-refractivity contribution is -0.139. The van der Waals surface area contributed by atoms with Crippen molar-refractivity contribution in [3.05, 3.63) is 33.7 Å². The molecule has 0 aliphatic carbocycles. The Labute approximate surface area is 103 Å². The molecule has 0 spiro atoms. The molecule has 0 bridgehead atoms. The average molecular weight is 248 g/mol. The number of carbonyl (C=O) groups is 2. The van der Waals surface area contributed by atoms with Crippen LogP contribution in [0.15, 0.2) is 16.9 Å². The molecular weight excluding hydrogens is 236 g/mol. The number of carboxylic acid groups (broad SMARTS) is 1. The molecule has 94 valence electrons. The second-order valence-electron chi connectivity index (χ2n) is 3.66. The maximum Gasteiger partial charge on any atom is 0.327 e. The van der Waals surface area contributed by atoms with Crippen molar-refractivity contribution in [1.29, 1.82) is 0 Å². The number of carbonyl (C=O) groups excluding carboxylic acids is 1. The van der Waals surface area contributed by atoms with Crippen LogP contribution in [0, 0.1) is 19.3 Å². The van der Waals surface area contributed by atoms with E-state index in [-0.39, 0.29) is 12.0 Å². The fourth-order valence-corrected chi connectivity index (χ4v) is 1.30. The Morgan fingerprint density at radius 3 is 2.72 bits per heavy atom. The molecule has 0 aliphatic heterocycles. The number of terminal acetylenes is 1. The van der Waals surface area contributed by atoms with Gasteiger partial charge in [0.05, 0.1) is 0 Å². The Kier molecular flexibility index (Phi) is 4.27. The molecule has 1 unspecified atom stereocenters. The quantitative estimate of drug-likeness (QED) is 0.647. The summed E-state index contributed by atoms with van der Waals surface area (Å²) in [5.41, 5.74) is -0.115. The molecule has 1 rings (SSSR count). The van der Waals surface area contributed by atoms with Crippen molar-refractivity contribution in [3.8, 4) is 12.3 Å². The summed E-state index contributed by atoms with van der Waals surface area (Å²) < 4.78 is 0. The highest BCUT2D eigenvalue weighted by molar-refractivity contribution is 5.96. The number of hydrogen-bond acceptors (Lipinski definition) is 3. The fourth-order valence-electron chi connectivity index (χ4n) is 1.30. The van der Waals surface area contributed by atoms with E-state index in [1.54, 1.807) is 13.0 Å². The van der Waals surface area contributed by atoms with Crippen LogP contribution in [-0.2, 0) is 4.79 Å². The van der Waals surface area contributed by atoms with Gasteiger partial charge in [-0.05, 0) is 19.1 Å². The van der Waals surface area contributed by atoms with Crippen LogP contribution in [0.25, 0.3) is 0 Å². The normalized spacial score (nSPS) is 11.3. The van der Waals surface area contributed by atoms with Crippen molar-refractivity contribution in [2.45, 2.75) is 19.4 Å². The average Bonchev–Trinajstić information content (AvgIpc) is 2.27. The smallest absolute Gasteiger partial charge is 0.327 e. The zero-order valence-electron chi connectivity index (χ0n) is 9.69. The van der Waals surface area contributed by atoms with Crippen LogP contribution < -0.4 is 10.9 Å². The van der Waals surface area contributed by atoms with E-state index >= 15 is 0 Å². The van der Waals surface area contributed by atoms with E-state index in [0.29, 0.717) is 5.69 Å². The number of amides is 1. The van der Waals surface area contributed by atoms with Crippen molar-refractivity contribution in [2.75, 3.05) is 0 Å². The minimum atomic E-state index is -1.25. The van der Waals surface area contributed by atoms with Crippen molar-refractivity contribution in [1.82, 2.24) is 10.3 Å². The van der Waals surface area contributed by atoms with Crippen LogP contribution in [0.3, 0.4) is 0 Å². The van der Waals surface area contributed by atoms with Gasteiger partial charge in [-0.1, -0.05) is 0 Å². The third-order valence-corrected chi connectivity index (χ3v) is 2.23. The Bertz CT molecular complexity index is 568. The second kappa shape index (κ2) is 5.68. The third kappa shape index (κ3) is 3.22. The van der Waals surface area contributed by atoms with Gasteiger partial charge in [0.2, 0.25) is 0 Å². The SMILES string of the molecule is C#CCC(NC(=O)c1ccc(C)[nH]c1=O)C(=O)O. The molecular formula is C12H12N2O4. The van der Waals surface area contributed by atoms with Gasteiger partial charge in [-0.15, -0.1) is 12.3 Å². The van der Waals surface area contributed by atoms with E-state index < -0.39 is 23.5 Å². The summed E-state index contributed by atoms with van der Waals surface area (Å²) in [7, 11) is 0. The van der Waals surface area contributed by atoms with Crippen molar-refractivity contribution < 1.29 is 14.7 Å². The Morgan fingerprint density at radius 2 is 2.22 bits per heavy atom. The van der Waals surface area contributed by atoms with Crippen LogP contribution in [0.1, 0.15) is 22.5 Å². The number of pyridine rings is 1. The zero-order chi connectivity index (χ0) is 13.7. The molecule has 0 aliphatic rings. The number of aryl methyl sites for hydroxylation is 1. The Balaban J connectivity index is 2.91. The molecule has 0 saturated heterocycles.